The molecule has 0 saturated carbocycles. The molecule has 1 amide bonds. The number of hydrogen-bond donors (Lipinski definition) is 0. The summed E-state index contributed by atoms with van der Waals surface area (Å²) in [6.45, 7) is 7.92. The minimum atomic E-state index is -0.540. The van der Waals surface area contributed by atoms with Gasteiger partial charge >= 0.3 is 5.97 Å². The van der Waals surface area contributed by atoms with E-state index in [1.807, 2.05) is 27.7 Å². The number of carbonyl (C=O) groups is 2. The summed E-state index contributed by atoms with van der Waals surface area (Å²) in [5.74, 6) is -0.451. The molecule has 1 fully saturated rings. The zero-order valence-electron chi connectivity index (χ0n) is 13.0. The highest BCUT2D eigenvalue weighted by Crippen LogP contribution is 2.23. The third-order valence-corrected chi connectivity index (χ3v) is 3.34. The number of amides is 1. The maximum absolute atomic E-state index is 12.6. The van der Waals surface area contributed by atoms with E-state index < -0.39 is 11.6 Å². The number of esters is 1. The first-order chi connectivity index (χ1) is 9.78. The van der Waals surface area contributed by atoms with Gasteiger partial charge < -0.3 is 9.64 Å². The Morgan fingerprint density at radius 2 is 2.10 bits per heavy atom. The summed E-state index contributed by atoms with van der Waals surface area (Å²) in [5, 5.41) is 0. The van der Waals surface area contributed by atoms with E-state index in [0.29, 0.717) is 18.5 Å². The summed E-state index contributed by atoms with van der Waals surface area (Å²) < 4.78 is 5.42. The van der Waals surface area contributed by atoms with Crippen LogP contribution in [0.3, 0.4) is 0 Å². The van der Waals surface area contributed by atoms with Gasteiger partial charge in [0, 0.05) is 24.0 Å². The highest BCUT2D eigenvalue weighted by molar-refractivity contribution is 5.97. The Bertz CT molecular complexity index is 549. The number of likely N-dealkylation sites (tertiary alicyclic amines) is 1. The summed E-state index contributed by atoms with van der Waals surface area (Å²) in [5.41, 5.74) is 0.814. The smallest absolute Gasteiger partial charge is 0.329 e. The maximum Gasteiger partial charge on any atom is 0.329 e. The number of aryl methyl sites for hydroxylation is 1. The molecule has 5 nitrogen and oxygen atoms in total. The molecule has 1 aliphatic heterocycles. The van der Waals surface area contributed by atoms with Crippen molar-refractivity contribution in [3.05, 3.63) is 29.6 Å². The van der Waals surface area contributed by atoms with Gasteiger partial charge in [-0.15, -0.1) is 0 Å². The Hall–Kier alpha value is -1.91. The minimum absolute atomic E-state index is 0.131. The number of carbonyl (C=O) groups excluding carboxylic acids is 2. The predicted molar refractivity (Wildman–Crippen MR) is 78.9 cm³/mol. The molecule has 1 aromatic heterocycles. The van der Waals surface area contributed by atoms with Crippen molar-refractivity contribution in [1.82, 2.24) is 9.88 Å². The van der Waals surface area contributed by atoms with E-state index in [1.54, 1.807) is 23.2 Å². The quantitative estimate of drug-likeness (QED) is 0.784. The zero-order valence-corrected chi connectivity index (χ0v) is 13.0. The van der Waals surface area contributed by atoms with Crippen molar-refractivity contribution in [3.8, 4) is 0 Å². The monoisotopic (exact) mass is 290 g/mol. The first kappa shape index (κ1) is 15.5. The van der Waals surface area contributed by atoms with Crippen molar-refractivity contribution < 1.29 is 14.3 Å². The van der Waals surface area contributed by atoms with Gasteiger partial charge in [0.05, 0.1) is 0 Å². The molecular formula is C16H22N2O3. The van der Waals surface area contributed by atoms with E-state index in [1.165, 1.54) is 0 Å². The molecule has 0 N–H and O–H groups in total. The van der Waals surface area contributed by atoms with Crippen LogP contribution in [-0.2, 0) is 9.53 Å². The van der Waals surface area contributed by atoms with Crippen LogP contribution in [0.4, 0.5) is 0 Å². The molecule has 1 aromatic rings. The Kier molecular flexibility index (Phi) is 4.30. The molecule has 1 aliphatic rings. The second kappa shape index (κ2) is 5.84. The summed E-state index contributed by atoms with van der Waals surface area (Å²) in [6.07, 6.45) is 3.09. The highest BCUT2D eigenvalue weighted by atomic mass is 16.6. The van der Waals surface area contributed by atoms with E-state index >= 15 is 0 Å². The van der Waals surface area contributed by atoms with Gasteiger partial charge in [-0.05, 0) is 52.7 Å². The van der Waals surface area contributed by atoms with Gasteiger partial charge in [-0.2, -0.15) is 0 Å². The van der Waals surface area contributed by atoms with Crippen LogP contribution in [0, 0.1) is 6.92 Å². The summed E-state index contributed by atoms with van der Waals surface area (Å²) in [4.78, 5) is 30.5. The molecule has 21 heavy (non-hydrogen) atoms. The van der Waals surface area contributed by atoms with E-state index in [4.69, 9.17) is 4.74 Å². The van der Waals surface area contributed by atoms with Crippen molar-refractivity contribution in [2.24, 2.45) is 0 Å². The molecule has 0 bridgehead atoms. The maximum atomic E-state index is 12.6. The Balaban J connectivity index is 2.15. The van der Waals surface area contributed by atoms with Gasteiger partial charge in [0.1, 0.15) is 11.6 Å². The van der Waals surface area contributed by atoms with Crippen LogP contribution in [0.2, 0.25) is 0 Å². The van der Waals surface area contributed by atoms with Crippen LogP contribution in [0.5, 0.6) is 0 Å². The van der Waals surface area contributed by atoms with Crippen LogP contribution in [0.15, 0.2) is 18.3 Å². The average Bonchev–Trinajstić information content (AvgIpc) is 2.85. The molecule has 0 unspecified atom stereocenters. The molecule has 0 aliphatic carbocycles. The third-order valence-electron chi connectivity index (χ3n) is 3.34. The minimum Gasteiger partial charge on any atom is -0.458 e. The SMILES string of the molecule is Cc1cc(C(=O)N2CCC[C@@H]2C(=O)OC(C)(C)C)ccn1. The fourth-order valence-electron chi connectivity index (χ4n) is 2.47. The van der Waals surface area contributed by atoms with Gasteiger partial charge in [-0.1, -0.05) is 0 Å². The first-order valence-electron chi connectivity index (χ1n) is 7.24. The van der Waals surface area contributed by atoms with Crippen molar-refractivity contribution >= 4 is 11.9 Å². The standard InChI is InChI=1S/C16H22N2O3/c1-11-10-12(7-8-17-11)14(19)18-9-5-6-13(18)15(20)21-16(2,3)4/h7-8,10,13H,5-6,9H2,1-4H3/t13-/m1/s1. The summed E-state index contributed by atoms with van der Waals surface area (Å²) >= 11 is 0. The lowest BCUT2D eigenvalue weighted by Crippen LogP contribution is -2.43. The van der Waals surface area contributed by atoms with Crippen molar-refractivity contribution in [2.75, 3.05) is 6.54 Å². The van der Waals surface area contributed by atoms with Gasteiger partial charge in [-0.25, -0.2) is 4.79 Å². The largest absolute Gasteiger partial charge is 0.458 e. The van der Waals surface area contributed by atoms with E-state index in [2.05, 4.69) is 4.98 Å². The van der Waals surface area contributed by atoms with E-state index in [0.717, 1.165) is 12.1 Å². The number of aromatic nitrogens is 1. The number of pyridine rings is 1. The third kappa shape index (κ3) is 3.80. The van der Waals surface area contributed by atoms with Crippen LogP contribution in [-0.4, -0.2) is 39.9 Å². The number of ether oxygens (including phenoxy) is 1. The topological polar surface area (TPSA) is 59.5 Å². The molecule has 1 saturated heterocycles. The van der Waals surface area contributed by atoms with Crippen LogP contribution < -0.4 is 0 Å². The lowest BCUT2D eigenvalue weighted by molar-refractivity contribution is -0.159. The molecule has 2 heterocycles. The second-order valence-corrected chi connectivity index (χ2v) is 6.38. The molecule has 2 rings (SSSR count). The van der Waals surface area contributed by atoms with Crippen LogP contribution in [0.25, 0.3) is 0 Å². The number of rotatable bonds is 2. The lowest BCUT2D eigenvalue weighted by Gasteiger charge is -2.27. The zero-order chi connectivity index (χ0) is 15.6. The fraction of sp³-hybridized carbons (Fsp3) is 0.562. The Morgan fingerprint density at radius 3 is 2.71 bits per heavy atom. The van der Waals surface area contributed by atoms with Crippen molar-refractivity contribution in [1.29, 1.82) is 0 Å². The highest BCUT2D eigenvalue weighted by Gasteiger charge is 2.37. The van der Waals surface area contributed by atoms with Gasteiger partial charge in [0.15, 0.2) is 0 Å². The van der Waals surface area contributed by atoms with E-state index in [-0.39, 0.29) is 11.9 Å². The molecule has 0 spiro atoms. The number of nitrogens with zero attached hydrogens (tertiary/aromatic N) is 2. The molecule has 5 heteroatoms. The molecule has 114 valence electrons. The fourth-order valence-corrected chi connectivity index (χ4v) is 2.47. The van der Waals surface area contributed by atoms with Crippen LogP contribution in [0.1, 0.15) is 49.7 Å². The van der Waals surface area contributed by atoms with Crippen molar-refractivity contribution in [2.45, 2.75) is 52.2 Å². The lowest BCUT2D eigenvalue weighted by atomic mass is 10.1. The average molecular weight is 290 g/mol. The normalized spacial score (nSPS) is 18.7. The summed E-state index contributed by atoms with van der Waals surface area (Å²) in [7, 11) is 0. The molecule has 0 radical (unpaired) electrons. The van der Waals surface area contributed by atoms with E-state index in [9.17, 15) is 9.59 Å². The van der Waals surface area contributed by atoms with Crippen LogP contribution >= 0.6 is 0 Å². The van der Waals surface area contributed by atoms with Gasteiger partial charge in [0.2, 0.25) is 0 Å². The predicted octanol–water partition coefficient (Wildman–Crippen LogP) is 2.34. The Morgan fingerprint density at radius 1 is 1.38 bits per heavy atom. The second-order valence-electron chi connectivity index (χ2n) is 6.38. The first-order valence-corrected chi connectivity index (χ1v) is 7.24. The Labute approximate surface area is 125 Å². The van der Waals surface area contributed by atoms with Crippen molar-refractivity contribution in [3.63, 3.8) is 0 Å². The number of hydrogen-bond acceptors (Lipinski definition) is 4. The molecule has 1 atom stereocenters. The molecule has 0 aromatic carbocycles. The van der Waals surface area contributed by atoms with Gasteiger partial charge in [0.25, 0.3) is 5.91 Å². The van der Waals surface area contributed by atoms with Gasteiger partial charge in [-0.3, -0.25) is 9.78 Å². The summed E-state index contributed by atoms with van der Waals surface area (Å²) in [6, 6.07) is 2.94. The molecular weight excluding hydrogens is 268 g/mol.